The van der Waals surface area contributed by atoms with E-state index in [4.69, 9.17) is 0 Å². The number of hydrogen-bond acceptors (Lipinski definition) is 3. The number of aromatic nitrogens is 1. The summed E-state index contributed by atoms with van der Waals surface area (Å²) in [5.74, 6) is -2.77. The molecule has 0 unspecified atom stereocenters. The van der Waals surface area contributed by atoms with Gasteiger partial charge in [-0.1, -0.05) is 22.0 Å². The number of fused-ring (bicyclic) bond motifs is 1. The highest BCUT2D eigenvalue weighted by atomic mass is 79.9. The van der Waals surface area contributed by atoms with Gasteiger partial charge in [-0.3, -0.25) is 4.79 Å². The number of carbonyl (C=O) groups is 1. The fourth-order valence-corrected chi connectivity index (χ4v) is 2.85. The van der Waals surface area contributed by atoms with Gasteiger partial charge in [0.1, 0.15) is 17.2 Å². The Hall–Kier alpha value is -2.54. The van der Waals surface area contributed by atoms with E-state index < -0.39 is 34.2 Å². The maximum Gasteiger partial charge on any atom is 0.344 e. The van der Waals surface area contributed by atoms with E-state index in [0.29, 0.717) is 9.99 Å². The van der Waals surface area contributed by atoms with E-state index in [-0.39, 0.29) is 11.1 Å². The third kappa shape index (κ3) is 2.60. The largest absolute Gasteiger partial charge is 0.465 e. The van der Waals surface area contributed by atoms with Gasteiger partial charge in [0, 0.05) is 9.86 Å². The van der Waals surface area contributed by atoms with Gasteiger partial charge in [0.25, 0.3) is 0 Å². The zero-order chi connectivity index (χ0) is 17.4. The molecule has 0 aliphatic heterocycles. The standard InChI is InChI=1S/C17H10BrF2NO3/c1-24-17(23)14-15(13-10(19)3-2-4-11(13)20)21-12-7-8(18)5-6-9(12)16(14)22/h2-7H,1H3,(H,21,22). The van der Waals surface area contributed by atoms with Gasteiger partial charge < -0.3 is 9.72 Å². The summed E-state index contributed by atoms with van der Waals surface area (Å²) in [5.41, 5.74) is -1.53. The highest BCUT2D eigenvalue weighted by Crippen LogP contribution is 2.29. The Balaban J connectivity index is 2.50. The van der Waals surface area contributed by atoms with Crippen molar-refractivity contribution in [3.05, 3.63) is 68.3 Å². The number of hydrogen-bond donors (Lipinski definition) is 1. The van der Waals surface area contributed by atoms with Gasteiger partial charge >= 0.3 is 5.97 Å². The molecule has 0 spiro atoms. The zero-order valence-electron chi connectivity index (χ0n) is 12.3. The van der Waals surface area contributed by atoms with Crippen molar-refractivity contribution in [3.8, 4) is 11.3 Å². The molecule has 0 fully saturated rings. The lowest BCUT2D eigenvalue weighted by molar-refractivity contribution is 0.0600. The highest BCUT2D eigenvalue weighted by molar-refractivity contribution is 9.10. The van der Waals surface area contributed by atoms with E-state index in [1.807, 2.05) is 0 Å². The molecule has 0 bridgehead atoms. The van der Waals surface area contributed by atoms with Gasteiger partial charge in [-0.05, 0) is 30.3 Å². The molecule has 0 saturated carbocycles. The Morgan fingerprint density at radius 3 is 2.46 bits per heavy atom. The van der Waals surface area contributed by atoms with E-state index in [1.54, 1.807) is 12.1 Å². The minimum Gasteiger partial charge on any atom is -0.465 e. The fourth-order valence-electron chi connectivity index (χ4n) is 2.48. The van der Waals surface area contributed by atoms with Crippen LogP contribution in [0.25, 0.3) is 22.2 Å². The number of nitrogens with one attached hydrogen (secondary N) is 1. The summed E-state index contributed by atoms with van der Waals surface area (Å²) in [6, 6.07) is 8.00. The number of rotatable bonds is 2. The van der Waals surface area contributed by atoms with Gasteiger partial charge in [0.2, 0.25) is 5.43 Å². The fraction of sp³-hybridized carbons (Fsp3) is 0.0588. The number of aromatic amines is 1. The monoisotopic (exact) mass is 393 g/mol. The molecule has 0 aliphatic carbocycles. The van der Waals surface area contributed by atoms with Crippen molar-refractivity contribution in [1.29, 1.82) is 0 Å². The first kappa shape index (κ1) is 16.3. The van der Waals surface area contributed by atoms with Crippen molar-refractivity contribution in [1.82, 2.24) is 4.98 Å². The van der Waals surface area contributed by atoms with Gasteiger partial charge in [0.15, 0.2) is 0 Å². The number of esters is 1. The summed E-state index contributed by atoms with van der Waals surface area (Å²) in [6.45, 7) is 0. The second-order valence-corrected chi connectivity index (χ2v) is 5.90. The third-order valence-corrected chi connectivity index (χ3v) is 4.06. The van der Waals surface area contributed by atoms with Gasteiger partial charge in [-0.15, -0.1) is 0 Å². The summed E-state index contributed by atoms with van der Waals surface area (Å²) in [6.07, 6.45) is 0. The predicted molar refractivity (Wildman–Crippen MR) is 89.0 cm³/mol. The number of H-pyrrole nitrogens is 1. The summed E-state index contributed by atoms with van der Waals surface area (Å²) in [4.78, 5) is 27.5. The van der Waals surface area contributed by atoms with Crippen molar-refractivity contribution < 1.29 is 18.3 Å². The van der Waals surface area contributed by atoms with E-state index in [1.165, 1.54) is 12.1 Å². The first-order chi connectivity index (χ1) is 11.4. The van der Waals surface area contributed by atoms with E-state index in [0.717, 1.165) is 19.2 Å². The molecule has 4 nitrogen and oxygen atoms in total. The Bertz CT molecular complexity index is 1010. The Morgan fingerprint density at radius 1 is 1.17 bits per heavy atom. The number of benzene rings is 2. The molecule has 24 heavy (non-hydrogen) atoms. The predicted octanol–water partition coefficient (Wildman–Crippen LogP) is 4.02. The van der Waals surface area contributed by atoms with E-state index in [2.05, 4.69) is 25.7 Å². The molecule has 1 heterocycles. The summed E-state index contributed by atoms with van der Waals surface area (Å²) < 4.78 is 33.6. The lowest BCUT2D eigenvalue weighted by atomic mass is 10.0. The molecule has 3 rings (SSSR count). The van der Waals surface area contributed by atoms with E-state index >= 15 is 0 Å². The third-order valence-electron chi connectivity index (χ3n) is 3.57. The Kier molecular flexibility index (Phi) is 4.19. The second-order valence-electron chi connectivity index (χ2n) is 4.98. The van der Waals surface area contributed by atoms with Crippen LogP contribution in [-0.2, 0) is 4.74 Å². The molecular formula is C17H10BrF2NO3. The number of halogens is 3. The number of ether oxygens (including phenoxy) is 1. The van der Waals surface area contributed by atoms with Gasteiger partial charge in [-0.25, -0.2) is 13.6 Å². The Morgan fingerprint density at radius 2 is 1.83 bits per heavy atom. The molecule has 2 aromatic carbocycles. The molecule has 1 N–H and O–H groups in total. The molecule has 0 radical (unpaired) electrons. The molecule has 7 heteroatoms. The number of carbonyl (C=O) groups excluding carboxylic acids is 1. The van der Waals surface area contributed by atoms with Crippen LogP contribution < -0.4 is 5.43 Å². The summed E-state index contributed by atoms with van der Waals surface area (Å²) in [5, 5.41) is 0.207. The quantitative estimate of drug-likeness (QED) is 0.668. The van der Waals surface area contributed by atoms with Crippen molar-refractivity contribution >= 4 is 32.8 Å². The van der Waals surface area contributed by atoms with Crippen LogP contribution in [0.4, 0.5) is 8.78 Å². The van der Waals surface area contributed by atoms with Crippen molar-refractivity contribution in [2.24, 2.45) is 0 Å². The molecule has 3 aromatic rings. The lowest BCUT2D eigenvalue weighted by Crippen LogP contribution is -2.20. The molecule has 1 aromatic heterocycles. The molecule has 122 valence electrons. The van der Waals surface area contributed by atoms with Crippen molar-refractivity contribution in [2.45, 2.75) is 0 Å². The number of pyridine rings is 1. The SMILES string of the molecule is COC(=O)c1c(-c2c(F)cccc2F)[nH]c2cc(Br)ccc2c1=O. The van der Waals surface area contributed by atoms with E-state index in [9.17, 15) is 18.4 Å². The highest BCUT2D eigenvalue weighted by Gasteiger charge is 2.24. The minimum atomic E-state index is -0.973. The number of methoxy groups -OCH3 is 1. The zero-order valence-corrected chi connectivity index (χ0v) is 13.9. The van der Waals surface area contributed by atoms with Crippen LogP contribution in [0.2, 0.25) is 0 Å². The van der Waals surface area contributed by atoms with Crippen LogP contribution in [0.5, 0.6) is 0 Å². The molecule has 0 aliphatic rings. The maximum atomic E-state index is 14.2. The average molecular weight is 394 g/mol. The van der Waals surface area contributed by atoms with Crippen LogP contribution in [0.15, 0.2) is 45.7 Å². The topological polar surface area (TPSA) is 59.2 Å². The van der Waals surface area contributed by atoms with Gasteiger partial charge in [0.05, 0.1) is 23.9 Å². The van der Waals surface area contributed by atoms with Crippen molar-refractivity contribution in [3.63, 3.8) is 0 Å². The summed E-state index contributed by atoms with van der Waals surface area (Å²) >= 11 is 3.27. The molecular weight excluding hydrogens is 384 g/mol. The van der Waals surface area contributed by atoms with Crippen LogP contribution in [0.3, 0.4) is 0 Å². The van der Waals surface area contributed by atoms with Crippen LogP contribution in [0, 0.1) is 11.6 Å². The first-order valence-electron chi connectivity index (χ1n) is 6.82. The minimum absolute atomic E-state index is 0.207. The van der Waals surface area contributed by atoms with Crippen LogP contribution >= 0.6 is 15.9 Å². The van der Waals surface area contributed by atoms with Crippen LogP contribution in [0.1, 0.15) is 10.4 Å². The van der Waals surface area contributed by atoms with Crippen LogP contribution in [-0.4, -0.2) is 18.1 Å². The first-order valence-corrected chi connectivity index (χ1v) is 7.61. The van der Waals surface area contributed by atoms with Gasteiger partial charge in [-0.2, -0.15) is 0 Å². The maximum absolute atomic E-state index is 14.2. The average Bonchev–Trinajstić information content (AvgIpc) is 2.54. The smallest absolute Gasteiger partial charge is 0.344 e. The van der Waals surface area contributed by atoms with Crippen molar-refractivity contribution in [2.75, 3.05) is 7.11 Å². The second kappa shape index (κ2) is 6.16. The lowest BCUT2D eigenvalue weighted by Gasteiger charge is -2.12. The molecule has 0 saturated heterocycles. The molecule has 0 amide bonds. The molecule has 0 atom stereocenters. The summed E-state index contributed by atoms with van der Waals surface area (Å²) in [7, 11) is 1.09. The Labute approximate surface area is 143 Å². The normalized spacial score (nSPS) is 10.8.